The van der Waals surface area contributed by atoms with Crippen LogP contribution in [0.15, 0.2) is 36.7 Å². The maximum Gasteiger partial charge on any atom is 0.416 e. The number of pyridine rings is 1. The third-order valence-corrected chi connectivity index (χ3v) is 10.1. The fourth-order valence-electron chi connectivity index (χ4n) is 7.78. The zero-order valence-corrected chi connectivity index (χ0v) is 27.5. The van der Waals surface area contributed by atoms with Crippen molar-refractivity contribution in [2.45, 2.75) is 108 Å². The van der Waals surface area contributed by atoms with Crippen LogP contribution in [0.3, 0.4) is 0 Å². The molecule has 0 radical (unpaired) electrons. The largest absolute Gasteiger partial charge is 0.491 e. The maximum atomic E-state index is 17.2. The fourth-order valence-corrected chi connectivity index (χ4v) is 7.78. The van der Waals surface area contributed by atoms with Crippen LogP contribution in [0.1, 0.15) is 129 Å². The fraction of sp³-hybridized carbons (Fsp3) is 0.583. The number of nitrogens with zero attached hydrogens (tertiary/aromatic N) is 4. The lowest BCUT2D eigenvalue weighted by molar-refractivity contribution is -0.137. The Kier molecular flexibility index (Phi) is 9.43. The first-order chi connectivity index (χ1) is 22.7. The Labute approximate surface area is 277 Å². The molecule has 1 saturated heterocycles. The number of hydrogen-bond acceptors (Lipinski definition) is 6. The summed E-state index contributed by atoms with van der Waals surface area (Å²) in [6.45, 7) is 7.53. The van der Waals surface area contributed by atoms with Crippen LogP contribution in [0.25, 0.3) is 0 Å². The number of piperidine rings is 1. The molecule has 6 nitrogen and oxygen atoms in total. The van der Waals surface area contributed by atoms with Gasteiger partial charge in [-0.1, -0.05) is 26.0 Å². The number of hydrogen-bond donors (Lipinski definition) is 1. The molecule has 1 aliphatic heterocycles. The van der Waals surface area contributed by atoms with Crippen molar-refractivity contribution in [3.8, 4) is 5.75 Å². The van der Waals surface area contributed by atoms with E-state index in [2.05, 4.69) is 9.97 Å². The molecule has 2 aliphatic carbocycles. The van der Waals surface area contributed by atoms with Gasteiger partial charge in [0.25, 0.3) is 0 Å². The van der Waals surface area contributed by atoms with Crippen molar-refractivity contribution in [2.24, 2.45) is 5.41 Å². The molecule has 1 N–H and O–H groups in total. The molecule has 0 bridgehead atoms. The van der Waals surface area contributed by atoms with E-state index in [1.54, 1.807) is 12.4 Å². The van der Waals surface area contributed by atoms with Gasteiger partial charge in [-0.05, 0) is 80.0 Å². The molecule has 2 atom stereocenters. The van der Waals surface area contributed by atoms with Gasteiger partial charge in [0.05, 0.1) is 36.4 Å². The highest BCUT2D eigenvalue weighted by Crippen LogP contribution is 2.52. The van der Waals surface area contributed by atoms with Crippen molar-refractivity contribution in [1.29, 1.82) is 0 Å². The molecular formula is C36H42F6N4O2. The Hall–Kier alpha value is -3.41. The first-order valence-corrected chi connectivity index (χ1v) is 16.8. The van der Waals surface area contributed by atoms with E-state index in [0.29, 0.717) is 79.6 Å². The van der Waals surface area contributed by atoms with E-state index in [1.165, 1.54) is 0 Å². The lowest BCUT2D eigenvalue weighted by Crippen LogP contribution is -2.36. The topological polar surface area (TPSA) is 71.4 Å². The molecule has 2 aromatic heterocycles. The predicted octanol–water partition coefficient (Wildman–Crippen LogP) is 9.03. The maximum absolute atomic E-state index is 17.2. The first-order valence-electron chi connectivity index (χ1n) is 16.8. The van der Waals surface area contributed by atoms with Crippen LogP contribution in [-0.4, -0.2) is 45.7 Å². The Morgan fingerprint density at radius 1 is 0.958 bits per heavy atom. The number of anilines is 1. The van der Waals surface area contributed by atoms with Crippen LogP contribution in [0, 0.1) is 5.41 Å². The molecule has 1 unspecified atom stereocenters. The van der Waals surface area contributed by atoms with E-state index in [9.17, 15) is 27.1 Å². The Bertz CT molecular complexity index is 1580. The number of fused-ring (bicyclic) bond motifs is 1. The van der Waals surface area contributed by atoms with Gasteiger partial charge in [0.15, 0.2) is 11.9 Å². The average molecular weight is 677 g/mol. The highest BCUT2D eigenvalue weighted by Gasteiger charge is 2.43. The van der Waals surface area contributed by atoms with E-state index in [1.807, 2.05) is 25.7 Å². The van der Waals surface area contributed by atoms with Crippen molar-refractivity contribution >= 4 is 5.95 Å². The molecule has 48 heavy (non-hydrogen) atoms. The summed E-state index contributed by atoms with van der Waals surface area (Å²) in [4.78, 5) is 16.0. The summed E-state index contributed by atoms with van der Waals surface area (Å²) < 4.78 is 91.7. The van der Waals surface area contributed by atoms with E-state index >= 15 is 4.39 Å². The van der Waals surface area contributed by atoms with Gasteiger partial charge >= 0.3 is 6.18 Å². The summed E-state index contributed by atoms with van der Waals surface area (Å²) >= 11 is 0. The highest BCUT2D eigenvalue weighted by molar-refractivity contribution is 5.51. The van der Waals surface area contributed by atoms with Crippen molar-refractivity contribution in [3.63, 3.8) is 0 Å². The Morgan fingerprint density at radius 3 is 2.17 bits per heavy atom. The van der Waals surface area contributed by atoms with Crippen LogP contribution in [0.2, 0.25) is 0 Å². The minimum Gasteiger partial charge on any atom is -0.491 e. The second-order valence-corrected chi connectivity index (χ2v) is 14.3. The number of benzene rings is 1. The Morgan fingerprint density at radius 2 is 1.58 bits per heavy atom. The van der Waals surface area contributed by atoms with Crippen LogP contribution < -0.4 is 9.64 Å². The monoisotopic (exact) mass is 676 g/mol. The summed E-state index contributed by atoms with van der Waals surface area (Å²) in [6, 6.07) is 4.00. The van der Waals surface area contributed by atoms with Crippen molar-refractivity contribution < 1.29 is 36.2 Å². The molecule has 1 saturated carbocycles. The predicted molar refractivity (Wildman–Crippen MR) is 169 cm³/mol. The lowest BCUT2D eigenvalue weighted by atomic mass is 9.68. The van der Waals surface area contributed by atoms with Crippen LogP contribution in [0.4, 0.5) is 32.3 Å². The van der Waals surface area contributed by atoms with E-state index in [-0.39, 0.29) is 48.1 Å². The molecule has 0 amide bonds. The summed E-state index contributed by atoms with van der Waals surface area (Å²) in [7, 11) is 0. The van der Waals surface area contributed by atoms with Gasteiger partial charge in [-0.2, -0.15) is 13.2 Å². The first kappa shape index (κ1) is 34.5. The summed E-state index contributed by atoms with van der Waals surface area (Å²) in [6.07, 6.45) is -2.62. The van der Waals surface area contributed by atoms with Gasteiger partial charge < -0.3 is 14.7 Å². The number of halogens is 6. The molecule has 12 heteroatoms. The normalized spacial score (nSPS) is 22.3. The third kappa shape index (κ3) is 7.14. The van der Waals surface area contributed by atoms with Crippen molar-refractivity contribution in [1.82, 2.24) is 15.0 Å². The van der Waals surface area contributed by atoms with Crippen molar-refractivity contribution in [2.75, 3.05) is 24.6 Å². The second-order valence-electron chi connectivity index (χ2n) is 14.3. The minimum atomic E-state index is -4.58. The van der Waals surface area contributed by atoms with Gasteiger partial charge in [-0.15, -0.1) is 0 Å². The number of alkyl halides is 6. The zero-order valence-electron chi connectivity index (χ0n) is 27.5. The van der Waals surface area contributed by atoms with Crippen LogP contribution in [-0.2, 0) is 12.6 Å². The number of aliphatic hydroxyl groups excluding tert-OH is 1. The van der Waals surface area contributed by atoms with Gasteiger partial charge in [0.1, 0.15) is 0 Å². The van der Waals surface area contributed by atoms with Gasteiger partial charge in [0, 0.05) is 48.7 Å². The van der Waals surface area contributed by atoms with E-state index < -0.39 is 35.9 Å². The minimum absolute atomic E-state index is 0.0271. The summed E-state index contributed by atoms with van der Waals surface area (Å²) in [5, 5.41) is 11.6. The molecule has 6 rings (SSSR count). The molecule has 3 aromatic rings. The Balaban J connectivity index is 1.44. The summed E-state index contributed by atoms with van der Waals surface area (Å²) in [5.41, 5.74) is 1.26. The van der Waals surface area contributed by atoms with E-state index in [4.69, 9.17) is 9.72 Å². The molecule has 260 valence electrons. The highest BCUT2D eigenvalue weighted by atomic mass is 19.4. The summed E-state index contributed by atoms with van der Waals surface area (Å²) in [5.74, 6) is -2.39. The standard InChI is InChI=1S/C36H42F6N4O2/c1-4-48-25-19-43-33(44-20-25)46-15-11-23(12-16-46)32-30(31(37)22-5-7-24(8-6-22)36(40,41)42)28(21-9-13-35(38,39)14-10-21)29-26(45-32)17-34(2,3)18-27(29)47/h5-8,19-21,23,27,31,47H,4,9-18H2,1-3H3/t27-,31?/m0/s1. The smallest absolute Gasteiger partial charge is 0.416 e. The molecular weight excluding hydrogens is 634 g/mol. The number of ether oxygens (including phenoxy) is 1. The number of rotatable bonds is 7. The van der Waals surface area contributed by atoms with E-state index in [0.717, 1.165) is 24.3 Å². The molecule has 0 spiro atoms. The average Bonchev–Trinajstić information content (AvgIpc) is 3.03. The molecule has 3 heterocycles. The zero-order chi connectivity index (χ0) is 34.4. The second kappa shape index (κ2) is 13.1. The van der Waals surface area contributed by atoms with Gasteiger partial charge in [-0.3, -0.25) is 4.98 Å². The number of aromatic nitrogens is 3. The SMILES string of the molecule is CCOc1cnc(N2CCC(c3nc4c(c(C5CCC(F)(F)CC5)c3C(F)c3ccc(C(F)(F)F)cc3)[C@@H](O)CC(C)(C)C4)CC2)nc1. The quantitative estimate of drug-likeness (QED) is 0.252. The van der Waals surface area contributed by atoms with Crippen LogP contribution in [0.5, 0.6) is 5.75 Å². The molecule has 2 fully saturated rings. The van der Waals surface area contributed by atoms with Gasteiger partial charge in [0.2, 0.25) is 11.9 Å². The van der Waals surface area contributed by atoms with Crippen molar-refractivity contribution in [3.05, 3.63) is 75.9 Å². The van der Waals surface area contributed by atoms with Gasteiger partial charge in [-0.25, -0.2) is 23.1 Å². The molecule has 1 aromatic carbocycles. The lowest BCUT2D eigenvalue weighted by Gasteiger charge is -2.41. The number of aliphatic hydroxyl groups is 1. The van der Waals surface area contributed by atoms with Crippen LogP contribution >= 0.6 is 0 Å². The molecule has 3 aliphatic rings. The third-order valence-electron chi connectivity index (χ3n) is 10.1.